The summed E-state index contributed by atoms with van der Waals surface area (Å²) >= 11 is 19.0. The molecule has 0 aromatic rings. The summed E-state index contributed by atoms with van der Waals surface area (Å²) in [6.07, 6.45) is 4.21. The van der Waals surface area contributed by atoms with Crippen LogP contribution in [0.2, 0.25) is 0 Å². The van der Waals surface area contributed by atoms with Gasteiger partial charge in [0.2, 0.25) is 5.91 Å². The Morgan fingerprint density at radius 2 is 1.56 bits per heavy atom. The molecule has 2 aliphatic carbocycles. The first-order chi connectivity index (χ1) is 15.0. The summed E-state index contributed by atoms with van der Waals surface area (Å²) in [5.41, 5.74) is 0.0940. The van der Waals surface area contributed by atoms with Crippen molar-refractivity contribution < 1.29 is 24.5 Å². The first-order valence-electron chi connectivity index (χ1n) is 11.7. The van der Waals surface area contributed by atoms with Crippen LogP contribution in [0.5, 0.6) is 0 Å². The molecule has 9 heteroatoms. The molecule has 2 saturated carbocycles. The third-order valence-electron chi connectivity index (χ3n) is 7.28. The van der Waals surface area contributed by atoms with Gasteiger partial charge in [0.05, 0.1) is 54.3 Å². The molecule has 0 saturated heterocycles. The Labute approximate surface area is 207 Å². The Bertz CT molecular complexity index is 562. The highest BCUT2D eigenvalue weighted by molar-refractivity contribution is 6.24. The van der Waals surface area contributed by atoms with Crippen LogP contribution in [0.15, 0.2) is 0 Å². The molecule has 0 aromatic carbocycles. The lowest BCUT2D eigenvalue weighted by Gasteiger charge is -2.48. The van der Waals surface area contributed by atoms with Crippen LogP contribution in [-0.4, -0.2) is 76.9 Å². The van der Waals surface area contributed by atoms with Crippen molar-refractivity contribution in [3.05, 3.63) is 0 Å². The van der Waals surface area contributed by atoms with Gasteiger partial charge in [0.1, 0.15) is 0 Å². The third kappa shape index (κ3) is 8.44. The molecule has 1 amide bonds. The van der Waals surface area contributed by atoms with E-state index in [1.165, 1.54) is 6.92 Å². The van der Waals surface area contributed by atoms with Gasteiger partial charge in [0.15, 0.2) is 0 Å². The maximum Gasteiger partial charge on any atom is 0.216 e. The molecule has 0 heterocycles. The predicted octanol–water partition coefficient (Wildman–Crippen LogP) is 3.69. The second-order valence-corrected chi connectivity index (χ2v) is 11.5. The lowest BCUT2D eigenvalue weighted by Crippen LogP contribution is -2.48. The summed E-state index contributed by atoms with van der Waals surface area (Å²) in [4.78, 5) is 10.9. The van der Waals surface area contributed by atoms with E-state index >= 15 is 0 Å². The maximum absolute atomic E-state index is 10.9. The van der Waals surface area contributed by atoms with Gasteiger partial charge in [-0.05, 0) is 55.8 Å². The molecule has 2 fully saturated rings. The summed E-state index contributed by atoms with van der Waals surface area (Å²) in [7, 11) is 0. The molecule has 3 N–H and O–H groups in total. The molecule has 0 spiro atoms. The molecule has 188 valence electrons. The summed E-state index contributed by atoms with van der Waals surface area (Å²) < 4.78 is 11.7. The number of aliphatic hydroxyl groups excluding tert-OH is 2. The zero-order valence-corrected chi connectivity index (χ0v) is 21.7. The van der Waals surface area contributed by atoms with Gasteiger partial charge < -0.3 is 25.0 Å². The number of halogens is 3. The van der Waals surface area contributed by atoms with Gasteiger partial charge in [-0.3, -0.25) is 4.79 Å². The fourth-order valence-corrected chi connectivity index (χ4v) is 6.18. The lowest BCUT2D eigenvalue weighted by atomic mass is 9.60. The van der Waals surface area contributed by atoms with Gasteiger partial charge in [-0.25, -0.2) is 0 Å². The Balaban J connectivity index is 1.80. The fraction of sp³-hybridized carbons (Fsp3) is 0.957. The molecule has 32 heavy (non-hydrogen) atoms. The lowest BCUT2D eigenvalue weighted by molar-refractivity contribution is -0.119. The van der Waals surface area contributed by atoms with Gasteiger partial charge in [0.25, 0.3) is 0 Å². The molecule has 6 nitrogen and oxygen atoms in total. The zero-order valence-electron chi connectivity index (χ0n) is 19.4. The molecule has 2 rings (SSSR count). The largest absolute Gasteiger partial charge is 0.389 e. The first kappa shape index (κ1) is 28.4. The standard InChI is InChI=1S/C23H40Cl3NO5/c1-14(28)27-11-18(30)13-31-19-6-4-15(5-7-19)23(2,3)16-8-20(25)22(21(26)9-16)32-12-17(29)10-24/h15-22,29-30H,4-13H2,1-3H3,(H,27,28)/t15?,16?,17-,18-,19?,20?,21?,22?/m1/s1. The average molecular weight is 517 g/mol. The normalized spacial score (nSPS) is 33.5. The maximum atomic E-state index is 10.9. The number of carbonyl (C=O) groups is 1. The van der Waals surface area contributed by atoms with E-state index < -0.39 is 12.2 Å². The van der Waals surface area contributed by atoms with Gasteiger partial charge in [-0.15, -0.1) is 34.8 Å². The van der Waals surface area contributed by atoms with Crippen molar-refractivity contribution in [1.82, 2.24) is 5.32 Å². The van der Waals surface area contributed by atoms with Crippen molar-refractivity contribution >= 4 is 40.7 Å². The van der Waals surface area contributed by atoms with E-state index in [1.54, 1.807) is 0 Å². The number of alkyl halides is 3. The van der Waals surface area contributed by atoms with Crippen molar-refractivity contribution in [1.29, 1.82) is 0 Å². The van der Waals surface area contributed by atoms with E-state index in [4.69, 9.17) is 44.3 Å². The number of rotatable bonds is 11. The second-order valence-electron chi connectivity index (χ2n) is 10.0. The molecule has 0 aromatic heterocycles. The van der Waals surface area contributed by atoms with Crippen LogP contribution < -0.4 is 5.32 Å². The summed E-state index contributed by atoms with van der Waals surface area (Å²) in [6.45, 7) is 6.69. The van der Waals surface area contributed by atoms with Crippen molar-refractivity contribution in [2.45, 2.75) is 94.5 Å². The van der Waals surface area contributed by atoms with Crippen molar-refractivity contribution in [3.63, 3.8) is 0 Å². The van der Waals surface area contributed by atoms with Crippen LogP contribution in [0, 0.1) is 17.3 Å². The van der Waals surface area contributed by atoms with Gasteiger partial charge in [-0.2, -0.15) is 0 Å². The van der Waals surface area contributed by atoms with Crippen LogP contribution in [-0.2, 0) is 14.3 Å². The van der Waals surface area contributed by atoms with E-state index in [0.717, 1.165) is 38.5 Å². The molecule has 4 atom stereocenters. The van der Waals surface area contributed by atoms with E-state index in [1.807, 2.05) is 0 Å². The highest BCUT2D eigenvalue weighted by atomic mass is 35.5. The molecule has 0 bridgehead atoms. The average Bonchev–Trinajstić information content (AvgIpc) is 2.75. The Morgan fingerprint density at radius 3 is 2.09 bits per heavy atom. The number of amides is 1. The SMILES string of the molecule is CC(=O)NC[C@@H](O)COC1CCC(C(C)(C)C2CC(Cl)C(OC[C@H](O)CCl)C(Cl)C2)CC1. The van der Waals surface area contributed by atoms with Crippen molar-refractivity contribution in [2.24, 2.45) is 17.3 Å². The Kier molecular flexibility index (Phi) is 11.8. The number of ether oxygens (including phenoxy) is 2. The third-order valence-corrected chi connectivity index (χ3v) is 8.49. The van der Waals surface area contributed by atoms with Crippen molar-refractivity contribution in [2.75, 3.05) is 25.6 Å². The van der Waals surface area contributed by atoms with Gasteiger partial charge >= 0.3 is 0 Å². The zero-order chi connectivity index (χ0) is 23.9. The molecule has 2 unspecified atom stereocenters. The van der Waals surface area contributed by atoms with Crippen LogP contribution >= 0.6 is 34.8 Å². The van der Waals surface area contributed by atoms with Crippen LogP contribution in [0.25, 0.3) is 0 Å². The number of nitrogens with one attached hydrogen (secondary N) is 1. The Morgan fingerprint density at radius 1 is 1.00 bits per heavy atom. The highest BCUT2D eigenvalue weighted by Gasteiger charge is 2.46. The van der Waals surface area contributed by atoms with Crippen molar-refractivity contribution in [3.8, 4) is 0 Å². The topological polar surface area (TPSA) is 88.0 Å². The number of carbonyl (C=O) groups excluding carboxylic acids is 1. The quantitative estimate of drug-likeness (QED) is 0.365. The minimum absolute atomic E-state index is 0.0940. The summed E-state index contributed by atoms with van der Waals surface area (Å²) in [5.74, 6) is 0.925. The number of aliphatic hydroxyl groups is 2. The summed E-state index contributed by atoms with van der Waals surface area (Å²) in [6, 6.07) is 0. The molecule has 2 aliphatic rings. The molecular formula is C23H40Cl3NO5. The second kappa shape index (κ2) is 13.3. The fourth-order valence-electron chi connectivity index (χ4n) is 5.09. The van der Waals surface area contributed by atoms with Crippen LogP contribution in [0.1, 0.15) is 59.3 Å². The van der Waals surface area contributed by atoms with E-state index in [9.17, 15) is 15.0 Å². The predicted molar refractivity (Wildman–Crippen MR) is 129 cm³/mol. The minimum Gasteiger partial charge on any atom is -0.389 e. The van der Waals surface area contributed by atoms with E-state index in [0.29, 0.717) is 11.8 Å². The monoisotopic (exact) mass is 515 g/mol. The highest BCUT2D eigenvalue weighted by Crippen LogP contribution is 2.50. The molecule has 0 radical (unpaired) electrons. The smallest absolute Gasteiger partial charge is 0.216 e. The number of hydrogen-bond acceptors (Lipinski definition) is 5. The van der Waals surface area contributed by atoms with Crippen LogP contribution in [0.3, 0.4) is 0 Å². The van der Waals surface area contributed by atoms with Gasteiger partial charge in [0, 0.05) is 13.5 Å². The van der Waals surface area contributed by atoms with E-state index in [2.05, 4.69) is 19.2 Å². The minimum atomic E-state index is -0.706. The Hall–Kier alpha value is 0.180. The van der Waals surface area contributed by atoms with E-state index in [-0.39, 0.29) is 59.9 Å². The van der Waals surface area contributed by atoms with Crippen LogP contribution in [0.4, 0.5) is 0 Å². The first-order valence-corrected chi connectivity index (χ1v) is 13.1. The summed E-state index contributed by atoms with van der Waals surface area (Å²) in [5, 5.41) is 21.8. The molecule has 0 aliphatic heterocycles. The number of hydrogen-bond donors (Lipinski definition) is 3. The van der Waals surface area contributed by atoms with Gasteiger partial charge in [-0.1, -0.05) is 13.8 Å². The molecular weight excluding hydrogens is 477 g/mol.